The molecule has 2 fully saturated rings. The molecule has 38 heavy (non-hydrogen) atoms. The Morgan fingerprint density at radius 2 is 1.63 bits per heavy atom. The van der Waals surface area contributed by atoms with E-state index in [1.165, 1.54) is 18.3 Å². The van der Waals surface area contributed by atoms with Crippen molar-refractivity contribution < 1.29 is 26.4 Å². The Balaban J connectivity index is 1.31. The zero-order chi connectivity index (χ0) is 26.9. The number of hydrogen-bond donors (Lipinski definition) is 0. The molecule has 1 aromatic heterocycles. The Morgan fingerprint density at radius 3 is 2.29 bits per heavy atom. The van der Waals surface area contributed by atoms with Crippen molar-refractivity contribution in [2.75, 3.05) is 37.3 Å². The molecule has 0 spiro atoms. The van der Waals surface area contributed by atoms with Crippen LogP contribution in [0.5, 0.6) is 5.75 Å². The summed E-state index contributed by atoms with van der Waals surface area (Å²) in [7, 11) is -7.15. The highest BCUT2D eigenvalue weighted by Crippen LogP contribution is 2.32. The number of ether oxygens (including phenoxy) is 1. The molecule has 2 heterocycles. The molecule has 0 bridgehead atoms. The van der Waals surface area contributed by atoms with E-state index in [0.29, 0.717) is 37.1 Å². The van der Waals surface area contributed by atoms with Crippen LogP contribution in [0.25, 0.3) is 0 Å². The third-order valence-corrected chi connectivity index (χ3v) is 11.2. The number of sulfone groups is 2. The van der Waals surface area contributed by atoms with Crippen LogP contribution >= 0.6 is 11.3 Å². The van der Waals surface area contributed by atoms with Crippen LogP contribution in [-0.4, -0.2) is 71.2 Å². The lowest BCUT2D eigenvalue weighted by atomic mass is 10.1. The molecule has 1 saturated heterocycles. The summed E-state index contributed by atoms with van der Waals surface area (Å²) in [6.07, 6.45) is 6.49. The third kappa shape index (κ3) is 5.57. The largest absolute Gasteiger partial charge is 0.490 e. The molecule has 2 aliphatic rings. The van der Waals surface area contributed by atoms with Gasteiger partial charge in [-0.2, -0.15) is 0 Å². The molecule has 0 atom stereocenters. The highest BCUT2D eigenvalue weighted by molar-refractivity contribution is 7.93. The maximum absolute atomic E-state index is 13.5. The average Bonchev–Trinajstić information content (AvgIpc) is 3.62. The quantitative estimate of drug-likeness (QED) is 0.419. The first kappa shape index (κ1) is 26.6. The van der Waals surface area contributed by atoms with Gasteiger partial charge in [0, 0.05) is 32.4 Å². The van der Waals surface area contributed by atoms with E-state index in [4.69, 9.17) is 4.74 Å². The van der Waals surface area contributed by atoms with Crippen LogP contribution in [0.15, 0.2) is 68.7 Å². The van der Waals surface area contributed by atoms with Crippen LogP contribution in [-0.2, 0) is 19.7 Å². The van der Waals surface area contributed by atoms with Crippen molar-refractivity contribution in [1.82, 2.24) is 9.88 Å². The van der Waals surface area contributed by atoms with Gasteiger partial charge in [-0.1, -0.05) is 29.5 Å². The Morgan fingerprint density at radius 1 is 0.947 bits per heavy atom. The first-order chi connectivity index (χ1) is 18.1. The molecule has 0 radical (unpaired) electrons. The summed E-state index contributed by atoms with van der Waals surface area (Å²) >= 11 is 1.11. The molecule has 202 valence electrons. The normalized spacial score (nSPS) is 17.1. The second-order valence-electron chi connectivity index (χ2n) is 9.51. The molecule has 5 rings (SSSR count). The molecule has 9 nitrogen and oxygen atoms in total. The summed E-state index contributed by atoms with van der Waals surface area (Å²) in [6.45, 7) is 1.69. The van der Waals surface area contributed by atoms with Crippen LogP contribution < -0.4 is 9.64 Å². The maximum atomic E-state index is 13.5. The number of benzene rings is 2. The van der Waals surface area contributed by atoms with Crippen molar-refractivity contribution >= 4 is 42.1 Å². The molecule has 0 N–H and O–H groups in total. The zero-order valence-electron chi connectivity index (χ0n) is 20.9. The number of aromatic nitrogens is 1. The van der Waals surface area contributed by atoms with Crippen molar-refractivity contribution in [3.63, 3.8) is 0 Å². The van der Waals surface area contributed by atoms with E-state index in [1.807, 2.05) is 4.90 Å². The number of thiazole rings is 1. The lowest BCUT2D eigenvalue weighted by Gasteiger charge is -2.35. The molecular weight excluding hydrogens is 547 g/mol. The molecule has 1 aliphatic heterocycles. The molecule has 1 saturated carbocycles. The summed E-state index contributed by atoms with van der Waals surface area (Å²) in [6, 6.07) is 12.7. The minimum absolute atomic E-state index is 0.0220. The van der Waals surface area contributed by atoms with Gasteiger partial charge in [0.05, 0.1) is 27.7 Å². The van der Waals surface area contributed by atoms with E-state index >= 15 is 0 Å². The van der Waals surface area contributed by atoms with Gasteiger partial charge in [0.1, 0.15) is 9.96 Å². The number of nitrogens with zero attached hydrogens (tertiary/aromatic N) is 3. The molecule has 1 amide bonds. The summed E-state index contributed by atoms with van der Waals surface area (Å²) in [5, 5.41) is 0.580. The fourth-order valence-corrected chi connectivity index (χ4v) is 7.94. The number of hydrogen-bond acceptors (Lipinski definition) is 9. The fourth-order valence-electron chi connectivity index (χ4n) is 4.70. The number of amides is 1. The number of anilines is 1. The van der Waals surface area contributed by atoms with Crippen LogP contribution in [0.1, 0.15) is 36.0 Å². The van der Waals surface area contributed by atoms with Crippen LogP contribution in [0.3, 0.4) is 0 Å². The van der Waals surface area contributed by atoms with E-state index in [9.17, 15) is 21.6 Å². The molecule has 0 unspecified atom stereocenters. The van der Waals surface area contributed by atoms with Gasteiger partial charge in [-0.15, -0.1) is 0 Å². The highest BCUT2D eigenvalue weighted by atomic mass is 32.2. The minimum Gasteiger partial charge on any atom is -0.490 e. The Bertz CT molecular complexity index is 1520. The van der Waals surface area contributed by atoms with E-state index in [-0.39, 0.29) is 31.6 Å². The monoisotopic (exact) mass is 575 g/mol. The summed E-state index contributed by atoms with van der Waals surface area (Å²) in [4.78, 5) is 21.8. The van der Waals surface area contributed by atoms with Gasteiger partial charge in [-0.05, 0) is 56.0 Å². The zero-order valence-corrected chi connectivity index (χ0v) is 23.4. The van der Waals surface area contributed by atoms with Gasteiger partial charge in [0.2, 0.25) is 9.84 Å². The first-order valence-electron chi connectivity index (χ1n) is 12.4. The van der Waals surface area contributed by atoms with Gasteiger partial charge in [-0.3, -0.25) is 4.79 Å². The molecule has 2 aromatic carbocycles. The van der Waals surface area contributed by atoms with Gasteiger partial charge in [0.15, 0.2) is 15.0 Å². The highest BCUT2D eigenvalue weighted by Gasteiger charge is 2.29. The fraction of sp³-hybridized carbons (Fsp3) is 0.385. The van der Waals surface area contributed by atoms with E-state index < -0.39 is 19.7 Å². The average molecular weight is 576 g/mol. The second-order valence-corrected chi connectivity index (χ2v) is 14.7. The van der Waals surface area contributed by atoms with Crippen molar-refractivity contribution in [3.8, 4) is 5.75 Å². The number of carbonyl (C=O) groups excluding carboxylic acids is 1. The SMILES string of the molecule is CS(=O)(=O)c1ccc(OC2CCCC2)c(C(=O)N2CCN(c3ncc(S(=O)(=O)c4ccccc4)s3)CC2)c1. The van der Waals surface area contributed by atoms with E-state index in [0.717, 1.165) is 43.3 Å². The summed E-state index contributed by atoms with van der Waals surface area (Å²) in [5.74, 6) is 0.127. The van der Waals surface area contributed by atoms with Gasteiger partial charge in [-0.25, -0.2) is 21.8 Å². The van der Waals surface area contributed by atoms with E-state index in [2.05, 4.69) is 4.98 Å². The smallest absolute Gasteiger partial charge is 0.257 e. The van der Waals surface area contributed by atoms with Crippen LogP contribution in [0.4, 0.5) is 5.13 Å². The predicted octanol–water partition coefficient (Wildman–Crippen LogP) is 3.66. The topological polar surface area (TPSA) is 114 Å². The Kier molecular flexibility index (Phi) is 7.47. The van der Waals surface area contributed by atoms with E-state index in [1.54, 1.807) is 41.3 Å². The standard InChI is InChI=1S/C26H29N3O6S3/c1-37(31,32)21-11-12-23(35-19-7-5-6-8-19)22(17-21)25(30)28-13-15-29(16-14-28)26-27-18-24(36-26)38(33,34)20-9-3-2-4-10-20/h2-4,9-12,17-19H,5-8,13-16H2,1H3. The van der Waals surface area contributed by atoms with Gasteiger partial charge >= 0.3 is 0 Å². The van der Waals surface area contributed by atoms with Gasteiger partial charge < -0.3 is 14.5 Å². The number of piperazine rings is 1. The summed E-state index contributed by atoms with van der Waals surface area (Å²) in [5.41, 5.74) is 0.249. The van der Waals surface area contributed by atoms with Crippen molar-refractivity contribution in [1.29, 1.82) is 0 Å². The number of carbonyl (C=O) groups is 1. The lowest BCUT2D eigenvalue weighted by molar-refractivity contribution is 0.0739. The molecular formula is C26H29N3O6S3. The second kappa shape index (κ2) is 10.7. The van der Waals surface area contributed by atoms with Crippen LogP contribution in [0, 0.1) is 0 Å². The number of rotatable bonds is 7. The third-order valence-electron chi connectivity index (χ3n) is 6.83. The van der Waals surface area contributed by atoms with Gasteiger partial charge in [0.25, 0.3) is 5.91 Å². The lowest BCUT2D eigenvalue weighted by Crippen LogP contribution is -2.48. The summed E-state index contributed by atoms with van der Waals surface area (Å²) < 4.78 is 56.5. The van der Waals surface area contributed by atoms with Crippen LogP contribution in [0.2, 0.25) is 0 Å². The molecule has 12 heteroatoms. The first-order valence-corrected chi connectivity index (χ1v) is 16.6. The molecule has 1 aliphatic carbocycles. The maximum Gasteiger partial charge on any atom is 0.257 e. The molecule has 3 aromatic rings. The van der Waals surface area contributed by atoms with Crippen molar-refractivity contribution in [3.05, 3.63) is 60.3 Å². The minimum atomic E-state index is -3.65. The Labute approximate surface area is 226 Å². The van der Waals surface area contributed by atoms with Crippen molar-refractivity contribution in [2.45, 2.75) is 45.8 Å². The van der Waals surface area contributed by atoms with Crippen molar-refractivity contribution in [2.24, 2.45) is 0 Å². The Hall–Kier alpha value is -2.96. The predicted molar refractivity (Wildman–Crippen MR) is 145 cm³/mol.